The third kappa shape index (κ3) is 3.22. The zero-order chi connectivity index (χ0) is 13.7. The molecular formula is C15H15BO3. The summed E-state index contributed by atoms with van der Waals surface area (Å²) in [7, 11) is 8.97. The van der Waals surface area contributed by atoms with E-state index in [0.29, 0.717) is 29.3 Å². The van der Waals surface area contributed by atoms with E-state index in [1.807, 2.05) is 30.3 Å². The molecule has 2 aromatic carbocycles. The Labute approximate surface area is 114 Å². The van der Waals surface area contributed by atoms with Gasteiger partial charge in [0.05, 0.1) is 14.2 Å². The molecule has 0 aromatic heterocycles. The van der Waals surface area contributed by atoms with Crippen molar-refractivity contribution in [1.82, 2.24) is 0 Å². The molecule has 0 spiro atoms. The van der Waals surface area contributed by atoms with E-state index >= 15 is 0 Å². The molecule has 0 saturated heterocycles. The number of methoxy groups -OCH3 is 2. The van der Waals surface area contributed by atoms with Crippen LogP contribution < -0.4 is 19.7 Å². The maximum Gasteiger partial charge on any atom is 0.165 e. The first kappa shape index (κ1) is 13.3. The fourth-order valence-electron chi connectivity index (χ4n) is 1.74. The molecular weight excluding hydrogens is 239 g/mol. The molecule has 2 rings (SSSR count). The second-order valence-corrected chi connectivity index (χ2v) is 4.02. The van der Waals surface area contributed by atoms with Crippen molar-refractivity contribution in [1.29, 1.82) is 0 Å². The van der Waals surface area contributed by atoms with Crippen LogP contribution in [0.3, 0.4) is 0 Å². The second-order valence-electron chi connectivity index (χ2n) is 4.02. The Morgan fingerprint density at radius 1 is 0.895 bits per heavy atom. The molecule has 0 bridgehead atoms. The van der Waals surface area contributed by atoms with E-state index in [9.17, 15) is 0 Å². The van der Waals surface area contributed by atoms with Gasteiger partial charge in [0.1, 0.15) is 20.2 Å². The average molecular weight is 254 g/mol. The van der Waals surface area contributed by atoms with Crippen molar-refractivity contribution in [2.45, 2.75) is 6.61 Å². The molecule has 0 aliphatic rings. The SMILES string of the molecule is [B]c1cc(OC)c(OCc2ccccc2)cc1OC. The molecule has 0 fully saturated rings. The highest BCUT2D eigenvalue weighted by Crippen LogP contribution is 2.30. The molecule has 4 heteroatoms. The van der Waals surface area contributed by atoms with E-state index in [1.54, 1.807) is 26.4 Å². The molecule has 0 atom stereocenters. The average Bonchev–Trinajstić information content (AvgIpc) is 2.46. The van der Waals surface area contributed by atoms with Crippen LogP contribution in [-0.2, 0) is 6.61 Å². The lowest BCUT2D eigenvalue weighted by Crippen LogP contribution is -2.09. The van der Waals surface area contributed by atoms with Crippen molar-refractivity contribution >= 4 is 13.3 Å². The molecule has 0 heterocycles. The van der Waals surface area contributed by atoms with Gasteiger partial charge in [-0.15, -0.1) is 0 Å². The van der Waals surface area contributed by atoms with Gasteiger partial charge in [0.15, 0.2) is 11.5 Å². The van der Waals surface area contributed by atoms with Crippen molar-refractivity contribution in [3.05, 3.63) is 48.0 Å². The summed E-state index contributed by atoms with van der Waals surface area (Å²) in [5, 5.41) is 0. The summed E-state index contributed by atoms with van der Waals surface area (Å²) in [4.78, 5) is 0. The van der Waals surface area contributed by atoms with Gasteiger partial charge in [-0.05, 0) is 11.6 Å². The highest BCUT2D eigenvalue weighted by molar-refractivity contribution is 6.34. The first-order valence-electron chi connectivity index (χ1n) is 5.93. The van der Waals surface area contributed by atoms with Gasteiger partial charge in [-0.3, -0.25) is 0 Å². The van der Waals surface area contributed by atoms with E-state index in [2.05, 4.69) is 0 Å². The zero-order valence-corrected chi connectivity index (χ0v) is 11.1. The Morgan fingerprint density at radius 3 is 2.21 bits per heavy atom. The lowest BCUT2D eigenvalue weighted by molar-refractivity contribution is 0.282. The molecule has 0 aliphatic carbocycles. The Bertz CT molecular complexity index is 541. The van der Waals surface area contributed by atoms with Crippen LogP contribution in [0.1, 0.15) is 5.56 Å². The largest absolute Gasteiger partial charge is 0.497 e. The molecule has 0 aliphatic heterocycles. The Kier molecular flexibility index (Phi) is 4.34. The predicted molar refractivity (Wildman–Crippen MR) is 75.7 cm³/mol. The van der Waals surface area contributed by atoms with Crippen molar-refractivity contribution < 1.29 is 14.2 Å². The molecule has 96 valence electrons. The van der Waals surface area contributed by atoms with Crippen LogP contribution in [0, 0.1) is 0 Å². The van der Waals surface area contributed by atoms with E-state index in [1.165, 1.54) is 0 Å². The summed E-state index contributed by atoms with van der Waals surface area (Å²) in [6.07, 6.45) is 0. The highest BCUT2D eigenvalue weighted by Gasteiger charge is 2.09. The summed E-state index contributed by atoms with van der Waals surface area (Å²) in [6, 6.07) is 13.3. The maximum atomic E-state index is 5.82. The van der Waals surface area contributed by atoms with Crippen molar-refractivity contribution in [3.8, 4) is 17.2 Å². The van der Waals surface area contributed by atoms with Crippen molar-refractivity contribution in [2.24, 2.45) is 0 Å². The van der Waals surface area contributed by atoms with Gasteiger partial charge in [-0.25, -0.2) is 0 Å². The third-order valence-electron chi connectivity index (χ3n) is 2.75. The topological polar surface area (TPSA) is 27.7 Å². The molecule has 19 heavy (non-hydrogen) atoms. The molecule has 3 nitrogen and oxygen atoms in total. The standard InChI is InChI=1S/C15H15BO3/c1-17-13-9-15(14(18-2)8-12(13)16)19-10-11-6-4-3-5-7-11/h3-9H,10H2,1-2H3. The van der Waals surface area contributed by atoms with Crippen LogP contribution in [0.15, 0.2) is 42.5 Å². The number of hydrogen-bond acceptors (Lipinski definition) is 3. The predicted octanol–water partition coefficient (Wildman–Crippen LogP) is 2.08. The molecule has 0 saturated carbocycles. The van der Waals surface area contributed by atoms with Crippen LogP contribution in [0.5, 0.6) is 17.2 Å². The van der Waals surface area contributed by atoms with E-state index in [-0.39, 0.29) is 0 Å². The smallest absolute Gasteiger partial charge is 0.165 e. The van der Waals surface area contributed by atoms with Gasteiger partial charge in [-0.1, -0.05) is 35.8 Å². The van der Waals surface area contributed by atoms with Crippen LogP contribution in [-0.4, -0.2) is 22.1 Å². The lowest BCUT2D eigenvalue weighted by Gasteiger charge is -2.14. The molecule has 0 amide bonds. The molecule has 2 radical (unpaired) electrons. The molecule has 0 N–H and O–H groups in total. The lowest BCUT2D eigenvalue weighted by atomic mass is 9.94. The summed E-state index contributed by atoms with van der Waals surface area (Å²) >= 11 is 0. The quantitative estimate of drug-likeness (QED) is 0.764. The number of benzene rings is 2. The van der Waals surface area contributed by atoms with E-state index in [4.69, 9.17) is 22.1 Å². The minimum Gasteiger partial charge on any atom is -0.497 e. The normalized spacial score (nSPS) is 10.0. The van der Waals surface area contributed by atoms with Crippen molar-refractivity contribution in [2.75, 3.05) is 14.2 Å². The van der Waals surface area contributed by atoms with Crippen LogP contribution >= 0.6 is 0 Å². The number of hydrogen-bond donors (Lipinski definition) is 0. The molecule has 0 unspecified atom stereocenters. The number of ether oxygens (including phenoxy) is 3. The minimum atomic E-state index is 0.463. The van der Waals surface area contributed by atoms with E-state index in [0.717, 1.165) is 5.56 Å². The van der Waals surface area contributed by atoms with Crippen molar-refractivity contribution in [3.63, 3.8) is 0 Å². The van der Waals surface area contributed by atoms with E-state index < -0.39 is 0 Å². The maximum absolute atomic E-state index is 5.82. The minimum absolute atomic E-state index is 0.463. The van der Waals surface area contributed by atoms with Crippen LogP contribution in [0.4, 0.5) is 0 Å². The second kappa shape index (κ2) is 6.18. The number of rotatable bonds is 5. The zero-order valence-electron chi connectivity index (χ0n) is 11.1. The Morgan fingerprint density at radius 2 is 1.58 bits per heavy atom. The van der Waals surface area contributed by atoms with Gasteiger partial charge in [0, 0.05) is 6.07 Å². The first-order chi connectivity index (χ1) is 9.24. The summed E-state index contributed by atoms with van der Waals surface area (Å²) in [5.41, 5.74) is 1.60. The Balaban J connectivity index is 2.19. The monoisotopic (exact) mass is 254 g/mol. The fraction of sp³-hybridized carbons (Fsp3) is 0.200. The first-order valence-corrected chi connectivity index (χ1v) is 5.93. The van der Waals surface area contributed by atoms with Crippen LogP contribution in [0.2, 0.25) is 0 Å². The molecule has 2 aromatic rings. The summed E-state index contributed by atoms with van der Waals surface area (Å²) in [6.45, 7) is 0.463. The van der Waals surface area contributed by atoms with Gasteiger partial charge >= 0.3 is 0 Å². The van der Waals surface area contributed by atoms with Crippen LogP contribution in [0.25, 0.3) is 0 Å². The summed E-state index contributed by atoms with van der Waals surface area (Å²) in [5.74, 6) is 1.77. The fourth-order valence-corrected chi connectivity index (χ4v) is 1.74. The third-order valence-corrected chi connectivity index (χ3v) is 2.75. The van der Waals surface area contributed by atoms with Gasteiger partial charge in [0.25, 0.3) is 0 Å². The van der Waals surface area contributed by atoms with Gasteiger partial charge in [0.2, 0.25) is 0 Å². The summed E-state index contributed by atoms with van der Waals surface area (Å²) < 4.78 is 16.2. The highest BCUT2D eigenvalue weighted by atomic mass is 16.5. The Hall–Kier alpha value is -2.10. The van der Waals surface area contributed by atoms with Gasteiger partial charge in [-0.2, -0.15) is 0 Å². The van der Waals surface area contributed by atoms with Gasteiger partial charge < -0.3 is 14.2 Å².